The van der Waals surface area contributed by atoms with Crippen molar-refractivity contribution in [2.75, 3.05) is 33.2 Å². The highest BCUT2D eigenvalue weighted by atomic mass is 35.5. The summed E-state index contributed by atoms with van der Waals surface area (Å²) in [6, 6.07) is 11.1. The van der Waals surface area contributed by atoms with Crippen LogP contribution in [0.1, 0.15) is 45.6 Å². The second-order valence-corrected chi connectivity index (χ2v) is 9.42. The molecule has 0 spiro atoms. The van der Waals surface area contributed by atoms with E-state index in [1.54, 1.807) is 0 Å². The topological polar surface area (TPSA) is 35.6 Å². The monoisotopic (exact) mass is 457 g/mol. The molecule has 4 unspecified atom stereocenters. The zero-order chi connectivity index (χ0) is 20.1. The van der Waals surface area contributed by atoms with E-state index in [0.29, 0.717) is 42.0 Å². The Morgan fingerprint density at radius 3 is 2.37 bits per heavy atom. The molecule has 2 aliphatic heterocycles. The third-order valence-electron chi connectivity index (χ3n) is 6.98. The van der Waals surface area contributed by atoms with Crippen LogP contribution < -0.4 is 5.32 Å². The van der Waals surface area contributed by atoms with Gasteiger partial charge in [0.2, 0.25) is 5.91 Å². The average Bonchev–Trinajstić information content (AvgIpc) is 2.68. The summed E-state index contributed by atoms with van der Waals surface area (Å²) in [6.07, 6.45) is 3.19. The number of piperidine rings is 2. The third-order valence-corrected chi connectivity index (χ3v) is 6.98. The molecule has 0 radical (unpaired) electrons. The van der Waals surface area contributed by atoms with Gasteiger partial charge in [0.15, 0.2) is 0 Å². The Morgan fingerprint density at radius 2 is 1.80 bits per heavy atom. The van der Waals surface area contributed by atoms with Crippen LogP contribution in [-0.4, -0.2) is 55.0 Å². The zero-order valence-electron chi connectivity index (χ0n) is 19.0. The van der Waals surface area contributed by atoms with Crippen molar-refractivity contribution in [2.45, 2.75) is 52.6 Å². The highest BCUT2D eigenvalue weighted by molar-refractivity contribution is 5.85. The number of hydrogen-bond donors (Lipinski definition) is 1. The molecule has 2 heterocycles. The van der Waals surface area contributed by atoms with Gasteiger partial charge in [0.1, 0.15) is 0 Å². The lowest BCUT2D eigenvalue weighted by atomic mass is 9.82. The normalized spacial score (nSPS) is 28.0. The van der Waals surface area contributed by atoms with Crippen LogP contribution in [-0.2, 0) is 11.3 Å². The second kappa shape index (κ2) is 12.9. The molecule has 0 bridgehead atoms. The summed E-state index contributed by atoms with van der Waals surface area (Å²) < 4.78 is 0. The maximum Gasteiger partial charge on any atom is 0.222 e. The minimum absolute atomic E-state index is 0. The summed E-state index contributed by atoms with van der Waals surface area (Å²) >= 11 is 0. The minimum Gasteiger partial charge on any atom is -0.342 e. The molecule has 0 saturated carbocycles. The Hall–Kier alpha value is -0.810. The van der Waals surface area contributed by atoms with Crippen molar-refractivity contribution in [1.29, 1.82) is 0 Å². The van der Waals surface area contributed by atoms with E-state index in [1.807, 2.05) is 7.05 Å². The number of nitrogens with one attached hydrogen (secondary N) is 1. The molecule has 0 aliphatic carbocycles. The SMILES string of the molecule is CC(CC(=O)N(C)C1C(C)CN(Cc2ccccc2)CC1C)C1CCCNC1.Cl.Cl. The molecule has 30 heavy (non-hydrogen) atoms. The number of benzene rings is 1. The van der Waals surface area contributed by atoms with Gasteiger partial charge in [0, 0.05) is 39.1 Å². The fourth-order valence-corrected chi connectivity index (χ4v) is 5.52. The molecule has 3 rings (SSSR count). The second-order valence-electron chi connectivity index (χ2n) is 9.42. The molecular formula is C24H41Cl2N3O. The molecule has 1 aromatic rings. The molecule has 4 nitrogen and oxygen atoms in total. The average molecular weight is 459 g/mol. The largest absolute Gasteiger partial charge is 0.342 e. The van der Waals surface area contributed by atoms with Gasteiger partial charge >= 0.3 is 0 Å². The number of nitrogens with zero attached hydrogens (tertiary/aromatic N) is 2. The maximum absolute atomic E-state index is 13.1. The van der Waals surface area contributed by atoms with Crippen molar-refractivity contribution in [3.05, 3.63) is 35.9 Å². The van der Waals surface area contributed by atoms with Crippen LogP contribution in [0.3, 0.4) is 0 Å². The molecule has 6 heteroatoms. The Kier molecular flexibility index (Phi) is 11.7. The van der Waals surface area contributed by atoms with E-state index in [4.69, 9.17) is 0 Å². The van der Waals surface area contributed by atoms with E-state index in [1.165, 1.54) is 18.4 Å². The third kappa shape index (κ3) is 7.12. The van der Waals surface area contributed by atoms with Gasteiger partial charge in [-0.1, -0.05) is 51.1 Å². The van der Waals surface area contributed by atoms with E-state index < -0.39 is 0 Å². The molecule has 2 fully saturated rings. The van der Waals surface area contributed by atoms with E-state index >= 15 is 0 Å². The highest BCUT2D eigenvalue weighted by Gasteiger charge is 2.36. The Balaban J connectivity index is 0.00000225. The lowest BCUT2D eigenvalue weighted by molar-refractivity contribution is -0.137. The van der Waals surface area contributed by atoms with Crippen LogP contribution in [0, 0.1) is 23.7 Å². The minimum atomic E-state index is 0. The Bertz CT molecular complexity index is 612. The van der Waals surface area contributed by atoms with Gasteiger partial charge in [-0.2, -0.15) is 0 Å². The molecule has 2 aliphatic rings. The molecule has 1 aromatic carbocycles. The predicted molar refractivity (Wildman–Crippen MR) is 130 cm³/mol. The summed E-state index contributed by atoms with van der Waals surface area (Å²) in [4.78, 5) is 17.7. The number of rotatable bonds is 6. The molecule has 4 atom stereocenters. The van der Waals surface area contributed by atoms with Crippen molar-refractivity contribution in [3.63, 3.8) is 0 Å². The fourth-order valence-electron chi connectivity index (χ4n) is 5.52. The van der Waals surface area contributed by atoms with Crippen molar-refractivity contribution < 1.29 is 4.79 Å². The first-order valence-corrected chi connectivity index (χ1v) is 11.2. The number of halogens is 2. The van der Waals surface area contributed by atoms with Crippen molar-refractivity contribution in [3.8, 4) is 0 Å². The number of carbonyl (C=O) groups is 1. The summed E-state index contributed by atoms with van der Waals surface area (Å²) in [7, 11) is 2.04. The first kappa shape index (κ1) is 27.2. The van der Waals surface area contributed by atoms with Gasteiger partial charge in [0.25, 0.3) is 0 Å². The van der Waals surface area contributed by atoms with Gasteiger partial charge in [-0.25, -0.2) is 0 Å². The first-order chi connectivity index (χ1) is 13.5. The van der Waals surface area contributed by atoms with Gasteiger partial charge in [-0.15, -0.1) is 24.8 Å². The maximum atomic E-state index is 13.1. The molecule has 0 aromatic heterocycles. The lowest BCUT2D eigenvalue weighted by Crippen LogP contribution is -2.55. The number of likely N-dealkylation sites (tertiary alicyclic amines) is 1. The van der Waals surface area contributed by atoms with Crippen LogP contribution in [0.15, 0.2) is 30.3 Å². The van der Waals surface area contributed by atoms with E-state index in [0.717, 1.165) is 32.7 Å². The molecule has 1 amide bonds. The number of carbonyl (C=O) groups excluding carboxylic acids is 1. The van der Waals surface area contributed by atoms with Gasteiger partial charge in [-0.05, 0) is 55.2 Å². The number of hydrogen-bond acceptors (Lipinski definition) is 3. The smallest absolute Gasteiger partial charge is 0.222 e. The van der Waals surface area contributed by atoms with Crippen molar-refractivity contribution in [2.24, 2.45) is 23.7 Å². The lowest BCUT2D eigenvalue weighted by Gasteiger charge is -2.45. The van der Waals surface area contributed by atoms with Crippen molar-refractivity contribution in [1.82, 2.24) is 15.1 Å². The molecule has 172 valence electrons. The Morgan fingerprint density at radius 1 is 1.17 bits per heavy atom. The fraction of sp³-hybridized carbons (Fsp3) is 0.708. The van der Waals surface area contributed by atoms with Crippen LogP contribution in [0.25, 0.3) is 0 Å². The zero-order valence-corrected chi connectivity index (χ0v) is 20.7. The quantitative estimate of drug-likeness (QED) is 0.683. The molecule has 2 saturated heterocycles. The summed E-state index contributed by atoms with van der Waals surface area (Å²) in [5.74, 6) is 2.43. The van der Waals surface area contributed by atoms with E-state index in [2.05, 4.69) is 66.2 Å². The van der Waals surface area contributed by atoms with Crippen LogP contribution in [0.2, 0.25) is 0 Å². The number of amides is 1. The van der Waals surface area contributed by atoms with Crippen molar-refractivity contribution >= 4 is 30.7 Å². The molecule has 1 N–H and O–H groups in total. The van der Waals surface area contributed by atoms with Crippen LogP contribution in [0.4, 0.5) is 0 Å². The summed E-state index contributed by atoms with van der Waals surface area (Å²) in [6.45, 7) is 12.2. The van der Waals surface area contributed by atoms with Gasteiger partial charge in [0.05, 0.1) is 0 Å². The van der Waals surface area contributed by atoms with E-state index in [-0.39, 0.29) is 24.8 Å². The summed E-state index contributed by atoms with van der Waals surface area (Å²) in [5, 5.41) is 3.49. The van der Waals surface area contributed by atoms with Gasteiger partial charge < -0.3 is 10.2 Å². The van der Waals surface area contributed by atoms with Gasteiger partial charge in [-0.3, -0.25) is 9.69 Å². The highest BCUT2D eigenvalue weighted by Crippen LogP contribution is 2.29. The standard InChI is InChI=1S/C24H39N3O.2ClH/c1-18(22-11-8-12-25-14-22)13-23(28)26(4)24-19(2)15-27(16-20(24)3)17-21-9-6-5-7-10-21;;/h5-7,9-10,18-20,22,24-25H,8,11-17H2,1-4H3;2*1H. The molecular weight excluding hydrogens is 417 g/mol. The van der Waals surface area contributed by atoms with Crippen LogP contribution >= 0.6 is 24.8 Å². The summed E-state index contributed by atoms with van der Waals surface area (Å²) in [5.41, 5.74) is 1.37. The Labute approximate surface area is 196 Å². The van der Waals surface area contributed by atoms with Crippen LogP contribution in [0.5, 0.6) is 0 Å². The predicted octanol–water partition coefficient (Wildman–Crippen LogP) is 4.47. The van der Waals surface area contributed by atoms with E-state index in [9.17, 15) is 4.79 Å². The first-order valence-electron chi connectivity index (χ1n) is 11.2.